The molecule has 2 aromatic rings. The van der Waals surface area contributed by atoms with Crippen molar-refractivity contribution in [2.24, 2.45) is 0 Å². The van der Waals surface area contributed by atoms with Gasteiger partial charge in [-0.3, -0.25) is 0 Å². The normalized spacial score (nSPS) is 11.2. The van der Waals surface area contributed by atoms with Crippen molar-refractivity contribution >= 4 is 0 Å². The Kier molecular flexibility index (Phi) is 7.87. The molecule has 0 aliphatic heterocycles. The van der Waals surface area contributed by atoms with Crippen molar-refractivity contribution in [1.29, 1.82) is 0 Å². The summed E-state index contributed by atoms with van der Waals surface area (Å²) in [5, 5.41) is 0. The first-order chi connectivity index (χ1) is 11.3. The van der Waals surface area contributed by atoms with Gasteiger partial charge in [0.1, 0.15) is 18.2 Å². The Labute approximate surface area is 139 Å². The minimum Gasteiger partial charge on any atom is -0.381 e. The van der Waals surface area contributed by atoms with Crippen LogP contribution in [0.5, 0.6) is 0 Å². The van der Waals surface area contributed by atoms with Crippen molar-refractivity contribution < 1.29 is 9.30 Å². The third kappa shape index (κ3) is 6.18. The second kappa shape index (κ2) is 10.2. The molecule has 0 fully saturated rings. The van der Waals surface area contributed by atoms with Crippen LogP contribution in [0.2, 0.25) is 0 Å². The van der Waals surface area contributed by atoms with Gasteiger partial charge >= 0.3 is 0 Å². The standard InChI is InChI=1S/C18H31N4O/c1-3-20-13-14-21(17-20)11-6-8-16-23-15-7-5-9-18-19-10-12-22(18)4-2/h10,12-14,17H,3-9,11,15-16H2,1-2H3/q+1. The summed E-state index contributed by atoms with van der Waals surface area (Å²) < 4.78 is 12.4. The van der Waals surface area contributed by atoms with Gasteiger partial charge in [0.25, 0.3) is 0 Å². The molecule has 23 heavy (non-hydrogen) atoms. The van der Waals surface area contributed by atoms with Gasteiger partial charge < -0.3 is 9.30 Å². The SMILES string of the molecule is CCn1cc[n+](CCCCOCCCCc2nccn2CC)c1. The van der Waals surface area contributed by atoms with Gasteiger partial charge in [-0.05, 0) is 39.5 Å². The average molecular weight is 319 g/mol. The number of ether oxygens (including phenoxy) is 1. The Morgan fingerprint density at radius 3 is 2.61 bits per heavy atom. The molecule has 5 nitrogen and oxygen atoms in total. The zero-order valence-electron chi connectivity index (χ0n) is 14.7. The van der Waals surface area contributed by atoms with Crippen molar-refractivity contribution in [3.63, 3.8) is 0 Å². The zero-order chi connectivity index (χ0) is 16.3. The molecule has 0 spiro atoms. The minimum atomic E-state index is 0.867. The molecule has 0 radical (unpaired) electrons. The van der Waals surface area contributed by atoms with Crippen molar-refractivity contribution in [2.75, 3.05) is 13.2 Å². The van der Waals surface area contributed by atoms with E-state index in [9.17, 15) is 0 Å². The summed E-state index contributed by atoms with van der Waals surface area (Å²) >= 11 is 0. The third-order valence-corrected chi connectivity index (χ3v) is 4.15. The Hall–Kier alpha value is -1.62. The second-order valence-electron chi connectivity index (χ2n) is 5.89. The van der Waals surface area contributed by atoms with Crippen LogP contribution in [0.15, 0.2) is 31.1 Å². The number of hydrogen-bond donors (Lipinski definition) is 0. The van der Waals surface area contributed by atoms with Gasteiger partial charge in [-0.25, -0.2) is 14.1 Å². The molecule has 5 heteroatoms. The fourth-order valence-corrected chi connectivity index (χ4v) is 2.70. The molecule has 128 valence electrons. The highest BCUT2D eigenvalue weighted by Crippen LogP contribution is 2.04. The van der Waals surface area contributed by atoms with Gasteiger partial charge in [0, 0.05) is 38.6 Å². The van der Waals surface area contributed by atoms with E-state index in [0.717, 1.165) is 58.5 Å². The summed E-state index contributed by atoms with van der Waals surface area (Å²) in [5.41, 5.74) is 0. The summed E-state index contributed by atoms with van der Waals surface area (Å²) in [4.78, 5) is 4.40. The first-order valence-electron chi connectivity index (χ1n) is 8.96. The van der Waals surface area contributed by atoms with E-state index in [2.05, 4.69) is 57.5 Å². The maximum Gasteiger partial charge on any atom is 0.243 e. The molecule has 0 unspecified atom stereocenters. The van der Waals surface area contributed by atoms with E-state index >= 15 is 0 Å². The Morgan fingerprint density at radius 1 is 1.04 bits per heavy atom. The Balaban J connectivity index is 1.43. The van der Waals surface area contributed by atoms with Crippen molar-refractivity contribution in [3.8, 4) is 0 Å². The van der Waals surface area contributed by atoms with Gasteiger partial charge in [0.05, 0.1) is 13.1 Å². The summed E-state index contributed by atoms with van der Waals surface area (Å²) in [6, 6.07) is 0. The van der Waals surface area contributed by atoms with Gasteiger partial charge in [-0.2, -0.15) is 0 Å². The highest BCUT2D eigenvalue weighted by Gasteiger charge is 2.02. The summed E-state index contributed by atoms with van der Waals surface area (Å²) in [7, 11) is 0. The van der Waals surface area contributed by atoms with E-state index < -0.39 is 0 Å². The van der Waals surface area contributed by atoms with Gasteiger partial charge in [0.2, 0.25) is 6.33 Å². The van der Waals surface area contributed by atoms with Crippen LogP contribution in [-0.2, 0) is 30.8 Å². The first-order valence-corrected chi connectivity index (χ1v) is 8.96. The zero-order valence-corrected chi connectivity index (χ0v) is 14.7. The molecule has 2 rings (SSSR count). The molecule has 0 aliphatic carbocycles. The number of nitrogens with zero attached hydrogens (tertiary/aromatic N) is 4. The lowest BCUT2D eigenvalue weighted by Gasteiger charge is -2.05. The molecule has 0 aromatic carbocycles. The number of hydrogen-bond acceptors (Lipinski definition) is 2. The van der Waals surface area contributed by atoms with Crippen LogP contribution < -0.4 is 4.57 Å². The first kappa shape index (κ1) is 17.7. The molecule has 2 heterocycles. The van der Waals surface area contributed by atoms with Crippen LogP contribution in [0.1, 0.15) is 45.4 Å². The Morgan fingerprint density at radius 2 is 1.87 bits per heavy atom. The van der Waals surface area contributed by atoms with Crippen LogP contribution in [0.4, 0.5) is 0 Å². The van der Waals surface area contributed by atoms with Crippen molar-refractivity contribution in [2.45, 2.75) is 65.6 Å². The minimum absolute atomic E-state index is 0.867. The highest BCUT2D eigenvalue weighted by molar-refractivity contribution is 4.91. The second-order valence-corrected chi connectivity index (χ2v) is 5.89. The molecular weight excluding hydrogens is 288 g/mol. The van der Waals surface area contributed by atoms with E-state index in [1.54, 1.807) is 0 Å². The quantitative estimate of drug-likeness (QED) is 0.445. The lowest BCUT2D eigenvalue weighted by Crippen LogP contribution is -2.31. The van der Waals surface area contributed by atoms with Crippen LogP contribution in [0.3, 0.4) is 0 Å². The van der Waals surface area contributed by atoms with Crippen LogP contribution in [0, 0.1) is 0 Å². The number of unbranched alkanes of at least 4 members (excludes halogenated alkanes) is 2. The number of aryl methyl sites for hydroxylation is 4. The largest absolute Gasteiger partial charge is 0.381 e. The van der Waals surface area contributed by atoms with E-state index in [4.69, 9.17) is 4.74 Å². The topological polar surface area (TPSA) is 35.9 Å². The third-order valence-electron chi connectivity index (χ3n) is 4.15. The number of aromatic nitrogens is 4. The fourth-order valence-electron chi connectivity index (χ4n) is 2.70. The molecule has 0 aliphatic rings. The summed E-state index contributed by atoms with van der Waals surface area (Å²) in [6.45, 7) is 9.18. The van der Waals surface area contributed by atoms with Gasteiger partial charge in [-0.15, -0.1) is 0 Å². The molecule has 0 saturated heterocycles. The maximum absolute atomic E-state index is 5.73. The number of imidazole rings is 2. The average Bonchev–Trinajstić information content (AvgIpc) is 3.21. The maximum atomic E-state index is 5.73. The van der Waals surface area contributed by atoms with Crippen molar-refractivity contribution in [1.82, 2.24) is 14.1 Å². The van der Waals surface area contributed by atoms with E-state index in [1.165, 1.54) is 12.2 Å². The molecular formula is C18H31N4O+. The van der Waals surface area contributed by atoms with Gasteiger partial charge in [0.15, 0.2) is 0 Å². The lowest BCUT2D eigenvalue weighted by atomic mass is 10.2. The van der Waals surface area contributed by atoms with Gasteiger partial charge in [-0.1, -0.05) is 0 Å². The monoisotopic (exact) mass is 319 g/mol. The van der Waals surface area contributed by atoms with Crippen LogP contribution >= 0.6 is 0 Å². The molecule has 2 aromatic heterocycles. The van der Waals surface area contributed by atoms with E-state index in [0.29, 0.717) is 0 Å². The lowest BCUT2D eigenvalue weighted by molar-refractivity contribution is -0.696. The van der Waals surface area contributed by atoms with Crippen LogP contribution in [0.25, 0.3) is 0 Å². The van der Waals surface area contributed by atoms with E-state index in [1.807, 2.05) is 6.20 Å². The van der Waals surface area contributed by atoms with Crippen LogP contribution in [-0.4, -0.2) is 27.3 Å². The predicted molar refractivity (Wildman–Crippen MR) is 91.2 cm³/mol. The molecule has 0 N–H and O–H groups in total. The van der Waals surface area contributed by atoms with Crippen molar-refractivity contribution in [3.05, 3.63) is 36.9 Å². The summed E-state index contributed by atoms with van der Waals surface area (Å²) in [5.74, 6) is 1.20. The summed E-state index contributed by atoms with van der Waals surface area (Å²) in [6.07, 6.45) is 16.0. The molecule has 0 atom stereocenters. The molecule has 0 bridgehead atoms. The Bertz CT molecular complexity index is 547. The highest BCUT2D eigenvalue weighted by atomic mass is 16.5. The fraction of sp³-hybridized carbons (Fsp3) is 0.667. The van der Waals surface area contributed by atoms with E-state index in [-0.39, 0.29) is 0 Å². The smallest absolute Gasteiger partial charge is 0.243 e. The predicted octanol–water partition coefficient (Wildman–Crippen LogP) is 2.83. The number of rotatable bonds is 12. The molecule has 0 saturated carbocycles. The molecule has 0 amide bonds.